The Bertz CT molecular complexity index is 1090. The maximum Gasteiger partial charge on any atom is 0.336 e. The van der Waals surface area contributed by atoms with E-state index in [9.17, 15) is 9.59 Å². The van der Waals surface area contributed by atoms with Gasteiger partial charge in [-0.05, 0) is 42.2 Å². The number of fused-ring (bicyclic) bond motifs is 1. The van der Waals surface area contributed by atoms with Crippen molar-refractivity contribution < 1.29 is 18.7 Å². The molecule has 1 heterocycles. The average Bonchev–Trinajstić information content (AvgIpc) is 2.75. The summed E-state index contributed by atoms with van der Waals surface area (Å²) in [5.41, 5.74) is 1.34. The van der Waals surface area contributed by atoms with Gasteiger partial charge in [-0.2, -0.15) is 0 Å². The highest BCUT2D eigenvalue weighted by atomic mass is 35.5. The summed E-state index contributed by atoms with van der Waals surface area (Å²) in [5.74, 6) is 0.550. The van der Waals surface area contributed by atoms with Gasteiger partial charge in [-0.1, -0.05) is 43.0 Å². The Morgan fingerprint density at radius 3 is 2.48 bits per heavy atom. The summed E-state index contributed by atoms with van der Waals surface area (Å²) < 4.78 is 16.1. The third-order valence-corrected chi connectivity index (χ3v) is 5.64. The number of rotatable bonds is 4. The summed E-state index contributed by atoms with van der Waals surface area (Å²) in [7, 11) is 1.59. The van der Waals surface area contributed by atoms with Crippen molar-refractivity contribution in [3.63, 3.8) is 0 Å². The van der Waals surface area contributed by atoms with Crippen molar-refractivity contribution >= 4 is 28.5 Å². The van der Waals surface area contributed by atoms with Gasteiger partial charge in [0, 0.05) is 17.5 Å². The molecule has 0 unspecified atom stereocenters. The van der Waals surface area contributed by atoms with Crippen molar-refractivity contribution in [3.05, 3.63) is 57.9 Å². The molecule has 1 aliphatic carbocycles. The summed E-state index contributed by atoms with van der Waals surface area (Å²) in [4.78, 5) is 24.6. The lowest BCUT2D eigenvalue weighted by Gasteiger charge is -2.20. The minimum absolute atomic E-state index is 0.104. The van der Waals surface area contributed by atoms with Gasteiger partial charge in [0.05, 0.1) is 18.1 Å². The fraction of sp³-hybridized carbons (Fsp3) is 0.304. The molecule has 5 nitrogen and oxygen atoms in total. The minimum Gasteiger partial charge on any atom is -0.497 e. The molecule has 0 aliphatic heterocycles. The largest absolute Gasteiger partial charge is 0.497 e. The van der Waals surface area contributed by atoms with Crippen LogP contribution in [0.1, 0.15) is 32.1 Å². The number of halogens is 1. The number of methoxy groups -OCH3 is 1. The van der Waals surface area contributed by atoms with Crippen molar-refractivity contribution in [2.45, 2.75) is 32.1 Å². The molecule has 2 aromatic carbocycles. The molecule has 1 saturated carbocycles. The number of benzene rings is 2. The van der Waals surface area contributed by atoms with E-state index >= 15 is 0 Å². The molecule has 3 aromatic rings. The SMILES string of the molecule is COc1ccc(-c2cc(=O)oc3cc(OC(=O)C4CCCCC4)c(Cl)cc23)cc1. The van der Waals surface area contributed by atoms with Crippen LogP contribution in [0.15, 0.2) is 51.7 Å². The molecule has 0 atom stereocenters. The lowest BCUT2D eigenvalue weighted by Crippen LogP contribution is -2.22. The van der Waals surface area contributed by atoms with E-state index in [0.29, 0.717) is 21.6 Å². The fourth-order valence-corrected chi connectivity index (χ4v) is 3.98. The van der Waals surface area contributed by atoms with Crippen molar-refractivity contribution in [3.8, 4) is 22.6 Å². The Hall–Kier alpha value is -2.79. The summed E-state index contributed by atoms with van der Waals surface area (Å²) in [6, 6.07) is 12.0. The van der Waals surface area contributed by atoms with Gasteiger partial charge in [0.1, 0.15) is 11.3 Å². The van der Waals surface area contributed by atoms with E-state index in [-0.39, 0.29) is 17.6 Å². The molecular weight excluding hydrogens is 392 g/mol. The number of ether oxygens (including phenoxy) is 2. The van der Waals surface area contributed by atoms with E-state index in [0.717, 1.165) is 43.4 Å². The monoisotopic (exact) mass is 412 g/mol. The lowest BCUT2D eigenvalue weighted by molar-refractivity contribution is -0.139. The van der Waals surface area contributed by atoms with Crippen molar-refractivity contribution in [2.24, 2.45) is 5.92 Å². The van der Waals surface area contributed by atoms with Gasteiger partial charge < -0.3 is 13.9 Å². The van der Waals surface area contributed by atoms with E-state index in [2.05, 4.69) is 0 Å². The van der Waals surface area contributed by atoms with Crippen LogP contribution >= 0.6 is 11.6 Å². The predicted molar refractivity (Wildman–Crippen MR) is 112 cm³/mol. The van der Waals surface area contributed by atoms with E-state index in [1.807, 2.05) is 24.3 Å². The van der Waals surface area contributed by atoms with Gasteiger partial charge in [0.2, 0.25) is 0 Å². The second-order valence-electron chi connectivity index (χ2n) is 7.24. The van der Waals surface area contributed by atoms with Crippen LogP contribution in [0.5, 0.6) is 11.5 Å². The van der Waals surface area contributed by atoms with Crippen LogP contribution in [0.25, 0.3) is 22.1 Å². The smallest absolute Gasteiger partial charge is 0.336 e. The van der Waals surface area contributed by atoms with Crippen LogP contribution in [0.3, 0.4) is 0 Å². The highest BCUT2D eigenvalue weighted by Crippen LogP contribution is 2.36. The van der Waals surface area contributed by atoms with Crippen LogP contribution in [0, 0.1) is 5.92 Å². The quantitative estimate of drug-likeness (QED) is 0.316. The minimum atomic E-state index is -0.491. The highest BCUT2D eigenvalue weighted by molar-refractivity contribution is 6.33. The number of hydrogen-bond acceptors (Lipinski definition) is 5. The number of hydrogen-bond donors (Lipinski definition) is 0. The first-order valence-corrected chi connectivity index (χ1v) is 10.1. The third-order valence-electron chi connectivity index (χ3n) is 5.35. The van der Waals surface area contributed by atoms with Crippen molar-refractivity contribution in [1.82, 2.24) is 0 Å². The van der Waals surface area contributed by atoms with E-state index in [1.165, 1.54) is 12.1 Å². The highest BCUT2D eigenvalue weighted by Gasteiger charge is 2.24. The zero-order valence-corrected chi connectivity index (χ0v) is 16.8. The maximum absolute atomic E-state index is 12.5. The Balaban J connectivity index is 1.72. The molecule has 0 amide bonds. The summed E-state index contributed by atoms with van der Waals surface area (Å²) in [6.07, 6.45) is 4.89. The van der Waals surface area contributed by atoms with E-state index in [1.54, 1.807) is 13.2 Å². The maximum atomic E-state index is 12.5. The van der Waals surface area contributed by atoms with Crippen LogP contribution in [0.4, 0.5) is 0 Å². The lowest BCUT2D eigenvalue weighted by atomic mass is 9.89. The zero-order valence-electron chi connectivity index (χ0n) is 16.1. The first-order chi connectivity index (χ1) is 14.0. The molecular formula is C23H21ClO5. The topological polar surface area (TPSA) is 65.7 Å². The van der Waals surface area contributed by atoms with Crippen molar-refractivity contribution in [1.29, 1.82) is 0 Å². The molecule has 4 rings (SSSR count). The predicted octanol–water partition coefficient (Wildman–Crippen LogP) is 5.61. The first kappa shape index (κ1) is 19.5. The van der Waals surface area contributed by atoms with Gasteiger partial charge in [-0.15, -0.1) is 0 Å². The molecule has 0 bridgehead atoms. The van der Waals surface area contributed by atoms with Crippen LogP contribution in [-0.2, 0) is 4.79 Å². The molecule has 150 valence electrons. The van der Waals surface area contributed by atoms with Crippen LogP contribution in [-0.4, -0.2) is 13.1 Å². The molecule has 1 aliphatic rings. The Labute approximate surface area is 173 Å². The normalized spacial score (nSPS) is 14.7. The molecule has 0 radical (unpaired) electrons. The van der Waals surface area contributed by atoms with E-state index in [4.69, 9.17) is 25.5 Å². The summed E-state index contributed by atoms with van der Waals surface area (Å²) >= 11 is 6.42. The van der Waals surface area contributed by atoms with Gasteiger partial charge in [0.15, 0.2) is 5.75 Å². The number of carbonyl (C=O) groups is 1. The Kier molecular flexibility index (Phi) is 5.58. The van der Waals surface area contributed by atoms with E-state index < -0.39 is 5.63 Å². The second kappa shape index (κ2) is 8.29. The third kappa shape index (κ3) is 4.15. The fourth-order valence-electron chi connectivity index (χ4n) is 3.78. The van der Waals surface area contributed by atoms with Crippen molar-refractivity contribution in [2.75, 3.05) is 7.11 Å². The first-order valence-electron chi connectivity index (χ1n) is 9.68. The molecule has 29 heavy (non-hydrogen) atoms. The molecule has 1 fully saturated rings. The second-order valence-corrected chi connectivity index (χ2v) is 7.65. The summed E-state index contributed by atoms with van der Waals surface area (Å²) in [6.45, 7) is 0. The zero-order chi connectivity index (χ0) is 20.4. The number of esters is 1. The van der Waals surface area contributed by atoms with Crippen LogP contribution in [0.2, 0.25) is 5.02 Å². The van der Waals surface area contributed by atoms with Gasteiger partial charge in [-0.3, -0.25) is 4.79 Å². The molecule has 6 heteroatoms. The average molecular weight is 413 g/mol. The standard InChI is InChI=1S/C23H21ClO5/c1-27-16-9-7-14(8-10-16)17-12-22(25)28-20-13-21(19(24)11-18(17)20)29-23(26)15-5-3-2-4-6-15/h7-13,15H,2-6H2,1H3. The Morgan fingerprint density at radius 2 is 1.79 bits per heavy atom. The summed E-state index contributed by atoms with van der Waals surface area (Å²) in [5, 5.41) is 0.961. The van der Waals surface area contributed by atoms with Gasteiger partial charge in [-0.25, -0.2) is 4.79 Å². The van der Waals surface area contributed by atoms with Gasteiger partial charge >= 0.3 is 11.6 Å². The van der Waals surface area contributed by atoms with Crippen LogP contribution < -0.4 is 15.1 Å². The molecule has 0 N–H and O–H groups in total. The Morgan fingerprint density at radius 1 is 1.07 bits per heavy atom. The molecule has 1 aromatic heterocycles. The molecule has 0 spiro atoms. The molecule has 0 saturated heterocycles. The van der Waals surface area contributed by atoms with Gasteiger partial charge in [0.25, 0.3) is 0 Å². The number of carbonyl (C=O) groups excluding carboxylic acids is 1.